The Morgan fingerprint density at radius 1 is 1.10 bits per heavy atom. The number of halogens is 1. The smallest absolute Gasteiger partial charge is 0.335 e. The highest BCUT2D eigenvalue weighted by Crippen LogP contribution is 2.20. The number of benzene rings is 2. The normalized spacial score (nSPS) is 14.6. The Morgan fingerprint density at radius 3 is 2.48 bits per heavy atom. The number of carboxylic acid groups (broad SMARTS) is 1. The molecule has 3 amide bonds. The second kappa shape index (κ2) is 13.0. The standard InChI is InChI=1S/C26H26ClN7O6/c27-18-4-7-22(34-15-28-31-32-34)17(13-18)3-8-23(36)30-21(14-24(37)33-11-9-20(35)10-12-33)25(38)29-19-5-1-16(2-6-19)26(39)40/h1-8,13,15,20-21,35H,9-12,14H2,(H,29,38)(H,30,36)(H,39,40)/b8-3+/t21-/m0/s1. The van der Waals surface area contributed by atoms with Crippen LogP contribution in [0.1, 0.15) is 35.2 Å². The van der Waals surface area contributed by atoms with E-state index in [0.29, 0.717) is 47.9 Å². The predicted molar refractivity (Wildman–Crippen MR) is 144 cm³/mol. The predicted octanol–water partition coefficient (Wildman–Crippen LogP) is 1.52. The van der Waals surface area contributed by atoms with Crippen LogP contribution >= 0.6 is 11.6 Å². The van der Waals surface area contributed by atoms with E-state index >= 15 is 0 Å². The fraction of sp³-hybridized carbons (Fsp3) is 0.269. The van der Waals surface area contributed by atoms with Crippen LogP contribution in [0.4, 0.5) is 5.69 Å². The number of aromatic nitrogens is 4. The molecule has 1 fully saturated rings. The van der Waals surface area contributed by atoms with Gasteiger partial charge in [0, 0.05) is 35.4 Å². The number of carbonyl (C=O) groups excluding carboxylic acids is 3. The molecule has 0 spiro atoms. The van der Waals surface area contributed by atoms with Crippen molar-refractivity contribution < 1.29 is 29.4 Å². The number of hydrogen-bond donors (Lipinski definition) is 4. The summed E-state index contributed by atoms with van der Waals surface area (Å²) < 4.78 is 1.40. The van der Waals surface area contributed by atoms with Crippen molar-refractivity contribution in [1.29, 1.82) is 0 Å². The highest BCUT2D eigenvalue weighted by Gasteiger charge is 2.28. The van der Waals surface area contributed by atoms with E-state index in [9.17, 15) is 24.3 Å². The van der Waals surface area contributed by atoms with Gasteiger partial charge in [0.15, 0.2) is 0 Å². The van der Waals surface area contributed by atoms with Gasteiger partial charge in [-0.2, -0.15) is 4.68 Å². The third-order valence-corrected chi connectivity index (χ3v) is 6.46. The summed E-state index contributed by atoms with van der Waals surface area (Å²) in [5.41, 5.74) is 1.42. The monoisotopic (exact) mass is 567 g/mol. The van der Waals surface area contributed by atoms with E-state index in [0.717, 1.165) is 0 Å². The summed E-state index contributed by atoms with van der Waals surface area (Å²) in [6.07, 6.45) is 4.12. The van der Waals surface area contributed by atoms with E-state index in [-0.39, 0.29) is 17.9 Å². The van der Waals surface area contributed by atoms with E-state index in [1.165, 1.54) is 47.4 Å². The van der Waals surface area contributed by atoms with E-state index in [1.807, 2.05) is 0 Å². The number of piperidine rings is 1. The molecular formula is C26H26ClN7O6. The number of hydrogen-bond acceptors (Lipinski definition) is 8. The summed E-state index contributed by atoms with van der Waals surface area (Å²) in [4.78, 5) is 51.7. The van der Waals surface area contributed by atoms with E-state index < -0.39 is 29.9 Å². The summed E-state index contributed by atoms with van der Waals surface area (Å²) in [6.45, 7) is 0.682. The molecule has 2 aromatic carbocycles. The molecule has 0 saturated carbocycles. The number of nitrogens with zero attached hydrogens (tertiary/aromatic N) is 5. The van der Waals surface area contributed by atoms with Crippen LogP contribution in [0.5, 0.6) is 0 Å². The number of likely N-dealkylation sites (tertiary alicyclic amines) is 1. The number of aliphatic hydroxyl groups is 1. The van der Waals surface area contributed by atoms with Crippen LogP contribution < -0.4 is 10.6 Å². The topological polar surface area (TPSA) is 180 Å². The molecule has 0 radical (unpaired) electrons. The second-order valence-electron chi connectivity index (χ2n) is 9.04. The minimum absolute atomic E-state index is 0.0394. The Kier molecular flexibility index (Phi) is 9.19. The zero-order valence-corrected chi connectivity index (χ0v) is 21.9. The van der Waals surface area contributed by atoms with Gasteiger partial charge in [-0.25, -0.2) is 4.79 Å². The molecule has 0 unspecified atom stereocenters. The molecule has 0 aliphatic carbocycles. The molecule has 2 heterocycles. The van der Waals surface area contributed by atoms with Gasteiger partial charge in [0.1, 0.15) is 12.4 Å². The zero-order valence-electron chi connectivity index (χ0n) is 21.1. The fourth-order valence-corrected chi connectivity index (χ4v) is 4.26. The average molecular weight is 568 g/mol. The molecule has 1 aliphatic rings. The van der Waals surface area contributed by atoms with Gasteiger partial charge in [-0.3, -0.25) is 14.4 Å². The van der Waals surface area contributed by atoms with Crippen LogP contribution in [0.15, 0.2) is 54.9 Å². The lowest BCUT2D eigenvalue weighted by Gasteiger charge is -2.30. The molecule has 4 N–H and O–H groups in total. The van der Waals surface area contributed by atoms with Crippen molar-refractivity contribution in [2.75, 3.05) is 18.4 Å². The average Bonchev–Trinajstić information content (AvgIpc) is 3.47. The summed E-state index contributed by atoms with van der Waals surface area (Å²) in [5.74, 6) is -2.78. The molecule has 14 heteroatoms. The molecule has 1 aromatic heterocycles. The minimum atomic E-state index is -1.24. The summed E-state index contributed by atoms with van der Waals surface area (Å²) in [6, 6.07) is 9.16. The largest absolute Gasteiger partial charge is 0.478 e. The van der Waals surface area contributed by atoms with Crippen molar-refractivity contribution in [3.63, 3.8) is 0 Å². The lowest BCUT2D eigenvalue weighted by molar-refractivity contribution is -0.136. The van der Waals surface area contributed by atoms with Gasteiger partial charge in [-0.05, 0) is 71.8 Å². The molecule has 1 saturated heterocycles. The van der Waals surface area contributed by atoms with Gasteiger partial charge < -0.3 is 25.7 Å². The quantitative estimate of drug-likeness (QED) is 0.279. The molecule has 40 heavy (non-hydrogen) atoms. The number of tetrazole rings is 1. The maximum absolute atomic E-state index is 13.1. The van der Waals surface area contributed by atoms with Crippen molar-refractivity contribution in [1.82, 2.24) is 30.4 Å². The van der Waals surface area contributed by atoms with E-state index in [1.54, 1.807) is 23.1 Å². The van der Waals surface area contributed by atoms with Crippen LogP contribution in [0.25, 0.3) is 11.8 Å². The number of amides is 3. The number of nitrogens with one attached hydrogen (secondary N) is 2. The maximum atomic E-state index is 13.1. The fourth-order valence-electron chi connectivity index (χ4n) is 4.08. The number of carbonyl (C=O) groups is 4. The van der Waals surface area contributed by atoms with Crippen LogP contribution in [0.3, 0.4) is 0 Å². The summed E-state index contributed by atoms with van der Waals surface area (Å²) in [7, 11) is 0. The van der Waals surface area contributed by atoms with Crippen LogP contribution in [-0.2, 0) is 14.4 Å². The first-order chi connectivity index (χ1) is 19.2. The van der Waals surface area contributed by atoms with Crippen molar-refractivity contribution in [3.8, 4) is 5.69 Å². The minimum Gasteiger partial charge on any atom is -0.478 e. The maximum Gasteiger partial charge on any atom is 0.335 e. The molecule has 1 aliphatic heterocycles. The van der Waals surface area contributed by atoms with E-state index in [4.69, 9.17) is 16.7 Å². The Hall–Kier alpha value is -4.62. The second-order valence-corrected chi connectivity index (χ2v) is 9.48. The Labute approximate surface area is 233 Å². The van der Waals surface area contributed by atoms with Crippen molar-refractivity contribution in [2.45, 2.75) is 31.4 Å². The van der Waals surface area contributed by atoms with Crippen LogP contribution in [0.2, 0.25) is 5.02 Å². The number of rotatable bonds is 9. The number of aliphatic hydroxyl groups excluding tert-OH is 1. The van der Waals surface area contributed by atoms with Crippen LogP contribution in [-0.4, -0.2) is 84.2 Å². The summed E-state index contributed by atoms with van der Waals surface area (Å²) in [5, 5.41) is 35.5. The first-order valence-corrected chi connectivity index (χ1v) is 12.7. The third-order valence-electron chi connectivity index (χ3n) is 6.23. The van der Waals surface area contributed by atoms with Crippen LogP contribution in [0, 0.1) is 0 Å². The highest BCUT2D eigenvalue weighted by atomic mass is 35.5. The van der Waals surface area contributed by atoms with Gasteiger partial charge in [-0.1, -0.05) is 11.6 Å². The Morgan fingerprint density at radius 2 is 1.82 bits per heavy atom. The Bertz CT molecular complexity index is 1400. The lowest BCUT2D eigenvalue weighted by atomic mass is 10.1. The Balaban J connectivity index is 1.50. The first kappa shape index (κ1) is 28.4. The number of aromatic carboxylic acids is 1. The van der Waals surface area contributed by atoms with Gasteiger partial charge in [0.2, 0.25) is 17.7 Å². The third kappa shape index (κ3) is 7.48. The van der Waals surface area contributed by atoms with E-state index in [2.05, 4.69) is 26.2 Å². The zero-order chi connectivity index (χ0) is 28.6. The van der Waals surface area contributed by atoms with Gasteiger partial charge in [0.05, 0.1) is 23.8 Å². The molecule has 208 valence electrons. The number of anilines is 1. The molecule has 0 bridgehead atoms. The molecule has 1 atom stereocenters. The molecule has 4 rings (SSSR count). The highest BCUT2D eigenvalue weighted by molar-refractivity contribution is 6.30. The molecule has 3 aromatic rings. The van der Waals surface area contributed by atoms with Gasteiger partial charge >= 0.3 is 5.97 Å². The summed E-state index contributed by atoms with van der Waals surface area (Å²) >= 11 is 6.12. The molecule has 13 nitrogen and oxygen atoms in total. The van der Waals surface area contributed by atoms with Crippen molar-refractivity contribution >= 4 is 47.1 Å². The first-order valence-electron chi connectivity index (χ1n) is 12.3. The van der Waals surface area contributed by atoms with Crippen molar-refractivity contribution in [2.24, 2.45) is 0 Å². The van der Waals surface area contributed by atoms with Crippen molar-refractivity contribution in [3.05, 3.63) is 71.0 Å². The molecular weight excluding hydrogens is 542 g/mol. The van der Waals surface area contributed by atoms with Gasteiger partial charge in [-0.15, -0.1) is 5.10 Å². The lowest BCUT2D eigenvalue weighted by Crippen LogP contribution is -2.48. The SMILES string of the molecule is O=C(/C=C/c1cc(Cl)ccc1-n1cnnn1)N[C@@H](CC(=O)N1CCC(O)CC1)C(=O)Nc1ccc(C(=O)O)cc1. The van der Waals surface area contributed by atoms with Gasteiger partial charge in [0.25, 0.3) is 0 Å². The number of carboxylic acids is 1.